The molecular weight excluding hydrogens is 342 g/mol. The van der Waals surface area contributed by atoms with Gasteiger partial charge in [0.25, 0.3) is 0 Å². The second-order valence-corrected chi connectivity index (χ2v) is 5.48. The molecule has 0 saturated heterocycles. The van der Waals surface area contributed by atoms with Gasteiger partial charge in [-0.05, 0) is 50.1 Å². The Morgan fingerprint density at radius 2 is 1.92 bits per heavy atom. The predicted molar refractivity (Wildman–Crippen MR) is 98.8 cm³/mol. The molecule has 134 valence electrons. The van der Waals surface area contributed by atoms with E-state index < -0.39 is 0 Å². The summed E-state index contributed by atoms with van der Waals surface area (Å²) in [6, 6.07) is 8.86. The lowest BCUT2D eigenvalue weighted by Crippen LogP contribution is -2.30. The number of hydrogen-bond acceptors (Lipinski definition) is 4. The zero-order valence-electron chi connectivity index (χ0n) is 14.3. The summed E-state index contributed by atoms with van der Waals surface area (Å²) in [5.74, 6) is 1.44. The van der Waals surface area contributed by atoms with Crippen molar-refractivity contribution in [1.82, 2.24) is 10.3 Å². The molecular formula is C18H22ClN3O3. The molecule has 0 atom stereocenters. The zero-order chi connectivity index (χ0) is 18.1. The van der Waals surface area contributed by atoms with Crippen molar-refractivity contribution in [2.45, 2.75) is 20.3 Å². The van der Waals surface area contributed by atoms with Crippen molar-refractivity contribution in [3.63, 3.8) is 0 Å². The molecule has 2 aromatic rings. The van der Waals surface area contributed by atoms with E-state index in [2.05, 4.69) is 15.6 Å². The molecule has 1 aromatic heterocycles. The summed E-state index contributed by atoms with van der Waals surface area (Å²) in [5.41, 5.74) is 1.52. The third kappa shape index (κ3) is 5.83. The zero-order valence-corrected chi connectivity index (χ0v) is 15.1. The first-order valence-electron chi connectivity index (χ1n) is 8.18. The quantitative estimate of drug-likeness (QED) is 0.698. The molecule has 0 aliphatic rings. The van der Waals surface area contributed by atoms with E-state index in [9.17, 15) is 4.79 Å². The molecule has 0 bridgehead atoms. The van der Waals surface area contributed by atoms with Crippen molar-refractivity contribution >= 4 is 23.3 Å². The van der Waals surface area contributed by atoms with Crippen molar-refractivity contribution in [3.8, 4) is 11.5 Å². The first-order chi connectivity index (χ1) is 12.1. The number of halogens is 1. The number of aromatic nitrogens is 1. The van der Waals surface area contributed by atoms with Crippen molar-refractivity contribution in [2.24, 2.45) is 0 Å². The molecule has 0 unspecified atom stereocenters. The van der Waals surface area contributed by atoms with Crippen molar-refractivity contribution < 1.29 is 14.3 Å². The van der Waals surface area contributed by atoms with E-state index in [1.807, 2.05) is 32.0 Å². The summed E-state index contributed by atoms with van der Waals surface area (Å²) in [7, 11) is 0. The fourth-order valence-electron chi connectivity index (χ4n) is 2.22. The normalized spacial score (nSPS) is 10.2. The smallest absolute Gasteiger partial charge is 0.319 e. The summed E-state index contributed by atoms with van der Waals surface area (Å²) < 4.78 is 11.1. The molecule has 0 fully saturated rings. The number of urea groups is 1. The number of benzene rings is 1. The highest BCUT2D eigenvalue weighted by Crippen LogP contribution is 2.28. The van der Waals surface area contributed by atoms with Crippen LogP contribution < -0.4 is 20.1 Å². The molecule has 2 N–H and O–H groups in total. The van der Waals surface area contributed by atoms with Gasteiger partial charge in [0.1, 0.15) is 0 Å². The molecule has 2 amide bonds. The minimum absolute atomic E-state index is 0.255. The third-order valence-electron chi connectivity index (χ3n) is 3.31. The monoisotopic (exact) mass is 363 g/mol. The summed E-state index contributed by atoms with van der Waals surface area (Å²) in [6.45, 7) is 5.48. The number of ether oxygens (including phenoxy) is 2. The van der Waals surface area contributed by atoms with Gasteiger partial charge in [-0.15, -0.1) is 0 Å². The Morgan fingerprint density at radius 3 is 2.64 bits per heavy atom. The molecule has 0 aliphatic heterocycles. The van der Waals surface area contributed by atoms with Crippen LogP contribution in [0.5, 0.6) is 11.5 Å². The first kappa shape index (κ1) is 18.9. The first-order valence-corrected chi connectivity index (χ1v) is 8.55. The molecule has 0 aliphatic carbocycles. The standard InChI is InChI=1S/C18H22ClN3O3/c1-3-24-15-8-7-13(12-16(15)25-4-2)9-11-21-18(23)22-14-6-5-10-20-17(14)19/h5-8,10,12H,3-4,9,11H2,1-2H3,(H2,21,22,23). The molecule has 7 heteroatoms. The highest BCUT2D eigenvalue weighted by Gasteiger charge is 2.08. The second kappa shape index (κ2) is 9.74. The molecule has 0 radical (unpaired) electrons. The van der Waals surface area contributed by atoms with Crippen LogP contribution in [0.1, 0.15) is 19.4 Å². The highest BCUT2D eigenvalue weighted by atomic mass is 35.5. The Morgan fingerprint density at radius 1 is 1.16 bits per heavy atom. The molecule has 2 rings (SSSR count). The van der Waals surface area contributed by atoms with Crippen LogP contribution in [-0.4, -0.2) is 30.8 Å². The molecule has 1 aromatic carbocycles. The lowest BCUT2D eigenvalue weighted by atomic mass is 10.1. The topological polar surface area (TPSA) is 72.5 Å². The van der Waals surface area contributed by atoms with Crippen LogP contribution in [0.15, 0.2) is 36.5 Å². The van der Waals surface area contributed by atoms with E-state index in [0.29, 0.717) is 37.6 Å². The maximum Gasteiger partial charge on any atom is 0.319 e. The third-order valence-corrected chi connectivity index (χ3v) is 3.62. The number of hydrogen-bond donors (Lipinski definition) is 2. The van der Waals surface area contributed by atoms with E-state index in [1.54, 1.807) is 18.3 Å². The Kier molecular flexibility index (Phi) is 7.35. The van der Waals surface area contributed by atoms with E-state index in [1.165, 1.54) is 0 Å². The van der Waals surface area contributed by atoms with E-state index in [0.717, 1.165) is 11.3 Å². The van der Waals surface area contributed by atoms with Crippen LogP contribution >= 0.6 is 11.6 Å². The molecule has 1 heterocycles. The van der Waals surface area contributed by atoms with Crippen LogP contribution in [0.4, 0.5) is 10.5 Å². The fourth-order valence-corrected chi connectivity index (χ4v) is 2.38. The number of pyridine rings is 1. The maximum absolute atomic E-state index is 11.9. The SMILES string of the molecule is CCOc1ccc(CCNC(=O)Nc2cccnc2Cl)cc1OCC. The molecule has 25 heavy (non-hydrogen) atoms. The van der Waals surface area contributed by atoms with Crippen LogP contribution in [0.3, 0.4) is 0 Å². The Labute approximate surface area is 152 Å². The fraction of sp³-hybridized carbons (Fsp3) is 0.333. The number of carbonyl (C=O) groups excluding carboxylic acids is 1. The number of anilines is 1. The summed E-state index contributed by atoms with van der Waals surface area (Å²) in [6.07, 6.45) is 2.23. The second-order valence-electron chi connectivity index (χ2n) is 5.12. The van der Waals surface area contributed by atoms with Gasteiger partial charge in [0.15, 0.2) is 16.7 Å². The van der Waals surface area contributed by atoms with Crippen molar-refractivity contribution in [3.05, 3.63) is 47.2 Å². The average Bonchev–Trinajstić information content (AvgIpc) is 2.59. The van der Waals surface area contributed by atoms with Crippen molar-refractivity contribution in [1.29, 1.82) is 0 Å². The Bertz CT molecular complexity index is 710. The van der Waals surface area contributed by atoms with Crippen LogP contribution in [0.25, 0.3) is 0 Å². The number of carbonyl (C=O) groups is 1. The van der Waals surface area contributed by atoms with Gasteiger partial charge in [-0.25, -0.2) is 9.78 Å². The maximum atomic E-state index is 11.9. The van der Waals surface area contributed by atoms with Crippen molar-refractivity contribution in [2.75, 3.05) is 25.1 Å². The minimum Gasteiger partial charge on any atom is -0.490 e. The molecule has 6 nitrogen and oxygen atoms in total. The largest absolute Gasteiger partial charge is 0.490 e. The van der Waals surface area contributed by atoms with E-state index in [4.69, 9.17) is 21.1 Å². The number of nitrogens with zero attached hydrogens (tertiary/aromatic N) is 1. The van der Waals surface area contributed by atoms with Crippen LogP contribution in [0.2, 0.25) is 5.15 Å². The predicted octanol–water partition coefficient (Wildman–Crippen LogP) is 3.90. The summed E-state index contributed by atoms with van der Waals surface area (Å²) in [4.78, 5) is 15.8. The molecule has 0 spiro atoms. The highest BCUT2D eigenvalue weighted by molar-refractivity contribution is 6.32. The van der Waals surface area contributed by atoms with E-state index in [-0.39, 0.29) is 11.2 Å². The minimum atomic E-state index is -0.328. The van der Waals surface area contributed by atoms with Crippen LogP contribution in [-0.2, 0) is 6.42 Å². The lowest BCUT2D eigenvalue weighted by molar-refractivity contribution is 0.252. The number of rotatable bonds is 8. The summed E-state index contributed by atoms with van der Waals surface area (Å²) in [5, 5.41) is 5.71. The van der Waals surface area contributed by atoms with Gasteiger partial charge in [-0.1, -0.05) is 17.7 Å². The lowest BCUT2D eigenvalue weighted by Gasteiger charge is -2.13. The molecule has 0 saturated carbocycles. The van der Waals surface area contributed by atoms with Gasteiger partial charge in [0.2, 0.25) is 0 Å². The van der Waals surface area contributed by atoms with Gasteiger partial charge in [-0.2, -0.15) is 0 Å². The Balaban J connectivity index is 1.87. The average molecular weight is 364 g/mol. The summed E-state index contributed by atoms with van der Waals surface area (Å²) >= 11 is 5.91. The van der Waals surface area contributed by atoms with Gasteiger partial charge in [0, 0.05) is 12.7 Å². The van der Waals surface area contributed by atoms with Crippen LogP contribution in [0, 0.1) is 0 Å². The Hall–Kier alpha value is -2.47. The van der Waals surface area contributed by atoms with Gasteiger partial charge in [0.05, 0.1) is 18.9 Å². The number of amides is 2. The van der Waals surface area contributed by atoms with Gasteiger partial charge < -0.3 is 20.1 Å². The van der Waals surface area contributed by atoms with E-state index >= 15 is 0 Å². The van der Waals surface area contributed by atoms with Gasteiger partial charge >= 0.3 is 6.03 Å². The number of nitrogens with one attached hydrogen (secondary N) is 2. The van der Waals surface area contributed by atoms with Gasteiger partial charge in [-0.3, -0.25) is 0 Å².